The molecule has 8 heteroatoms. The number of aryl methyl sites for hydroxylation is 2. The van der Waals surface area contributed by atoms with Gasteiger partial charge in [0, 0.05) is 23.2 Å². The van der Waals surface area contributed by atoms with E-state index in [4.69, 9.17) is 4.42 Å². The van der Waals surface area contributed by atoms with Gasteiger partial charge < -0.3 is 15.1 Å². The summed E-state index contributed by atoms with van der Waals surface area (Å²) in [4.78, 5) is 35.4. The second-order valence-electron chi connectivity index (χ2n) is 6.74. The fourth-order valence-corrected chi connectivity index (χ4v) is 4.39. The van der Waals surface area contributed by atoms with E-state index in [2.05, 4.69) is 20.6 Å². The lowest BCUT2D eigenvalue weighted by Gasteiger charge is -2.07. The normalized spacial score (nSPS) is 10.9. The molecule has 0 aliphatic rings. The Bertz CT molecular complexity index is 1240. The number of fused-ring (bicyclic) bond motifs is 1. The van der Waals surface area contributed by atoms with Gasteiger partial charge in [-0.2, -0.15) is 0 Å². The van der Waals surface area contributed by atoms with Crippen molar-refractivity contribution in [1.29, 1.82) is 0 Å². The third-order valence-corrected chi connectivity index (χ3v) is 5.82. The maximum absolute atomic E-state index is 13.0. The van der Waals surface area contributed by atoms with Gasteiger partial charge in [-0.25, -0.2) is 9.97 Å². The second kappa shape index (κ2) is 8.08. The number of anilines is 1. The van der Waals surface area contributed by atoms with E-state index in [0.717, 1.165) is 21.5 Å². The van der Waals surface area contributed by atoms with Gasteiger partial charge in [0.2, 0.25) is 0 Å². The zero-order chi connectivity index (χ0) is 21.3. The quantitative estimate of drug-likeness (QED) is 0.493. The van der Waals surface area contributed by atoms with E-state index in [-0.39, 0.29) is 11.8 Å². The number of aromatic nitrogens is 2. The largest absolute Gasteiger partial charge is 0.461 e. The monoisotopic (exact) mass is 420 g/mol. The van der Waals surface area contributed by atoms with Crippen LogP contribution in [0.4, 0.5) is 5.69 Å². The van der Waals surface area contributed by atoms with Crippen LogP contribution >= 0.6 is 11.3 Å². The molecule has 7 nitrogen and oxygen atoms in total. The Morgan fingerprint density at radius 2 is 1.93 bits per heavy atom. The minimum absolute atomic E-state index is 0.178. The molecule has 1 aromatic carbocycles. The number of benzene rings is 1. The Labute approximate surface area is 177 Å². The van der Waals surface area contributed by atoms with Gasteiger partial charge in [0.05, 0.1) is 16.8 Å². The Morgan fingerprint density at radius 3 is 2.67 bits per heavy atom. The van der Waals surface area contributed by atoms with Gasteiger partial charge in [0.15, 0.2) is 11.6 Å². The van der Waals surface area contributed by atoms with E-state index in [1.54, 1.807) is 42.7 Å². The summed E-state index contributed by atoms with van der Waals surface area (Å²) in [6.45, 7) is 6.18. The van der Waals surface area contributed by atoms with Crippen molar-refractivity contribution in [2.75, 3.05) is 11.9 Å². The number of amides is 2. The molecule has 0 saturated carbocycles. The molecule has 3 heterocycles. The summed E-state index contributed by atoms with van der Waals surface area (Å²) in [6, 6.07) is 10.4. The molecule has 3 aromatic heterocycles. The van der Waals surface area contributed by atoms with Crippen LogP contribution in [0.2, 0.25) is 0 Å². The number of nitrogens with one attached hydrogen (secondary N) is 2. The van der Waals surface area contributed by atoms with Crippen molar-refractivity contribution >= 4 is 39.1 Å². The van der Waals surface area contributed by atoms with Crippen molar-refractivity contribution in [2.24, 2.45) is 0 Å². The highest BCUT2D eigenvalue weighted by molar-refractivity contribution is 7.20. The zero-order valence-corrected chi connectivity index (χ0v) is 17.6. The van der Waals surface area contributed by atoms with Gasteiger partial charge in [-0.3, -0.25) is 9.59 Å². The minimum Gasteiger partial charge on any atom is -0.461 e. The molecule has 2 N–H and O–H groups in total. The number of rotatable bonds is 5. The predicted octanol–water partition coefficient (Wildman–Crippen LogP) is 4.57. The van der Waals surface area contributed by atoms with Crippen molar-refractivity contribution < 1.29 is 14.0 Å². The van der Waals surface area contributed by atoms with Crippen LogP contribution in [-0.4, -0.2) is 28.3 Å². The predicted molar refractivity (Wildman–Crippen MR) is 117 cm³/mol. The molecule has 4 aromatic rings. The third kappa shape index (κ3) is 3.69. The van der Waals surface area contributed by atoms with Crippen molar-refractivity contribution in [3.8, 4) is 11.6 Å². The standard InChI is InChI=1S/C22H20N4O3S/c1-4-23-20(27)14-7-5-8-15(11-14)25-21(28)18-12(2)17-13(3)24-19(26-22(17)30-18)16-9-6-10-29-16/h5-11H,4H2,1-3H3,(H,23,27)(H,25,28). The van der Waals surface area contributed by atoms with Gasteiger partial charge in [-0.15, -0.1) is 11.3 Å². The van der Waals surface area contributed by atoms with Crippen LogP contribution in [0.3, 0.4) is 0 Å². The Morgan fingerprint density at radius 1 is 1.10 bits per heavy atom. The van der Waals surface area contributed by atoms with E-state index in [0.29, 0.717) is 34.3 Å². The highest BCUT2D eigenvalue weighted by Crippen LogP contribution is 2.33. The molecule has 30 heavy (non-hydrogen) atoms. The molecule has 2 amide bonds. The van der Waals surface area contributed by atoms with Crippen molar-refractivity contribution in [1.82, 2.24) is 15.3 Å². The van der Waals surface area contributed by atoms with Crippen molar-refractivity contribution in [3.63, 3.8) is 0 Å². The summed E-state index contributed by atoms with van der Waals surface area (Å²) in [7, 11) is 0. The third-order valence-electron chi connectivity index (χ3n) is 4.64. The summed E-state index contributed by atoms with van der Waals surface area (Å²) >= 11 is 1.31. The molecule has 0 aliphatic heterocycles. The first-order valence-corrected chi connectivity index (χ1v) is 10.3. The van der Waals surface area contributed by atoms with E-state index >= 15 is 0 Å². The van der Waals surface area contributed by atoms with Crippen LogP contribution in [-0.2, 0) is 0 Å². The van der Waals surface area contributed by atoms with Crippen LogP contribution in [0, 0.1) is 13.8 Å². The molecule has 152 valence electrons. The molecule has 0 atom stereocenters. The van der Waals surface area contributed by atoms with Crippen molar-refractivity contribution in [2.45, 2.75) is 20.8 Å². The number of furan rings is 1. The zero-order valence-electron chi connectivity index (χ0n) is 16.8. The lowest BCUT2D eigenvalue weighted by atomic mass is 10.1. The molecule has 0 radical (unpaired) electrons. The van der Waals surface area contributed by atoms with Gasteiger partial charge in [-0.05, 0) is 56.7 Å². The lowest BCUT2D eigenvalue weighted by Crippen LogP contribution is -2.22. The highest BCUT2D eigenvalue weighted by atomic mass is 32.1. The van der Waals surface area contributed by atoms with Gasteiger partial charge >= 0.3 is 0 Å². The molecule has 0 saturated heterocycles. The average Bonchev–Trinajstić information content (AvgIpc) is 3.37. The number of carbonyl (C=O) groups is 2. The van der Waals surface area contributed by atoms with Crippen LogP contribution in [0.5, 0.6) is 0 Å². The SMILES string of the molecule is CCNC(=O)c1cccc(NC(=O)c2sc3nc(-c4ccco4)nc(C)c3c2C)c1. The van der Waals surface area contributed by atoms with Gasteiger partial charge in [0.1, 0.15) is 4.83 Å². The first-order valence-electron chi connectivity index (χ1n) is 9.49. The van der Waals surface area contributed by atoms with E-state index < -0.39 is 0 Å². The van der Waals surface area contributed by atoms with Gasteiger partial charge in [-0.1, -0.05) is 6.07 Å². The first kappa shape index (κ1) is 19.8. The van der Waals surface area contributed by atoms with E-state index in [1.165, 1.54) is 11.3 Å². The maximum atomic E-state index is 13.0. The molecule has 0 aliphatic carbocycles. The first-order chi connectivity index (χ1) is 14.5. The lowest BCUT2D eigenvalue weighted by molar-refractivity contribution is 0.0954. The van der Waals surface area contributed by atoms with E-state index in [1.807, 2.05) is 20.8 Å². The summed E-state index contributed by atoms with van der Waals surface area (Å²) in [5.41, 5.74) is 2.67. The highest BCUT2D eigenvalue weighted by Gasteiger charge is 2.20. The smallest absolute Gasteiger partial charge is 0.266 e. The molecule has 0 bridgehead atoms. The summed E-state index contributed by atoms with van der Waals surface area (Å²) in [6.07, 6.45) is 1.58. The topological polar surface area (TPSA) is 97.1 Å². The molecular weight excluding hydrogens is 400 g/mol. The number of hydrogen-bond donors (Lipinski definition) is 2. The molecule has 0 unspecified atom stereocenters. The molecule has 0 fully saturated rings. The molecular formula is C22H20N4O3S. The van der Waals surface area contributed by atoms with Crippen LogP contribution in [0.25, 0.3) is 21.8 Å². The number of thiophene rings is 1. The summed E-state index contributed by atoms with van der Waals surface area (Å²) in [5, 5.41) is 6.51. The van der Waals surface area contributed by atoms with Crippen molar-refractivity contribution in [3.05, 3.63) is 64.4 Å². The van der Waals surface area contributed by atoms with E-state index in [9.17, 15) is 9.59 Å². The average molecular weight is 420 g/mol. The summed E-state index contributed by atoms with van der Waals surface area (Å²) in [5.74, 6) is 0.651. The number of nitrogens with zero attached hydrogens (tertiary/aromatic N) is 2. The number of hydrogen-bond acceptors (Lipinski definition) is 6. The fourth-order valence-electron chi connectivity index (χ4n) is 3.26. The minimum atomic E-state index is -0.248. The Balaban J connectivity index is 1.65. The van der Waals surface area contributed by atoms with Crippen LogP contribution in [0.15, 0.2) is 47.1 Å². The molecule has 4 rings (SSSR count). The van der Waals surface area contributed by atoms with Crippen LogP contribution in [0.1, 0.15) is 38.2 Å². The maximum Gasteiger partial charge on any atom is 0.266 e. The fraction of sp³-hybridized carbons (Fsp3) is 0.182. The summed E-state index contributed by atoms with van der Waals surface area (Å²) < 4.78 is 5.40. The Hall–Kier alpha value is -3.52. The Kier molecular flexibility index (Phi) is 5.33. The van der Waals surface area contributed by atoms with Crippen LogP contribution < -0.4 is 10.6 Å². The molecule has 0 spiro atoms. The number of carbonyl (C=O) groups excluding carboxylic acids is 2. The van der Waals surface area contributed by atoms with Gasteiger partial charge in [0.25, 0.3) is 11.8 Å². The second-order valence-corrected chi connectivity index (χ2v) is 7.74.